The molecule has 7 nitrogen and oxygen atoms in total. The number of nitrogens with one attached hydrogen (secondary N) is 1. The SMILES string of the molecule is Cc1cccc(C)c1[N+]1(CCCNc2cccc(N3N=NCC3S)c2)CCC1C(=O)[O-]. The zero-order chi connectivity index (χ0) is 22.0. The van der Waals surface area contributed by atoms with E-state index in [0.29, 0.717) is 17.4 Å². The Morgan fingerprint density at radius 1 is 1.26 bits per heavy atom. The van der Waals surface area contributed by atoms with Crippen molar-refractivity contribution in [3.63, 3.8) is 0 Å². The van der Waals surface area contributed by atoms with Crippen LogP contribution >= 0.6 is 12.6 Å². The number of quaternary nitrogens is 1. The number of carbonyl (C=O) groups excluding carboxylic acids is 1. The van der Waals surface area contributed by atoms with Crippen LogP contribution in [0.3, 0.4) is 0 Å². The second kappa shape index (κ2) is 8.88. The van der Waals surface area contributed by atoms with Crippen molar-refractivity contribution in [3.05, 3.63) is 53.6 Å². The highest BCUT2D eigenvalue weighted by molar-refractivity contribution is 7.81. The Balaban J connectivity index is 1.44. The first-order valence-electron chi connectivity index (χ1n) is 10.8. The smallest absolute Gasteiger partial charge is 0.139 e. The summed E-state index contributed by atoms with van der Waals surface area (Å²) in [4.78, 5) is 11.9. The summed E-state index contributed by atoms with van der Waals surface area (Å²) in [6.45, 7) is 7.07. The predicted octanol–water partition coefficient (Wildman–Crippen LogP) is 3.08. The maximum atomic E-state index is 11.9. The fraction of sp³-hybridized carbons (Fsp3) is 0.435. The highest BCUT2D eigenvalue weighted by Gasteiger charge is 2.49. The third-order valence-electron chi connectivity index (χ3n) is 6.42. The average molecular weight is 440 g/mol. The van der Waals surface area contributed by atoms with Gasteiger partial charge in [0.2, 0.25) is 0 Å². The Labute approximate surface area is 188 Å². The molecule has 0 radical (unpaired) electrons. The van der Waals surface area contributed by atoms with E-state index in [2.05, 4.69) is 54.3 Å². The zero-order valence-electron chi connectivity index (χ0n) is 18.0. The van der Waals surface area contributed by atoms with Crippen LogP contribution in [0.25, 0.3) is 0 Å². The van der Waals surface area contributed by atoms with Crippen LogP contribution in [0.1, 0.15) is 24.0 Å². The number of rotatable bonds is 8. The van der Waals surface area contributed by atoms with Crippen molar-refractivity contribution in [3.8, 4) is 0 Å². The first-order valence-corrected chi connectivity index (χ1v) is 11.3. The number of anilines is 2. The molecule has 1 saturated heterocycles. The number of nitrogens with zero attached hydrogens (tertiary/aromatic N) is 4. The Morgan fingerprint density at radius 3 is 2.61 bits per heavy atom. The lowest BCUT2D eigenvalue weighted by Crippen LogP contribution is -2.72. The zero-order valence-corrected chi connectivity index (χ0v) is 18.9. The summed E-state index contributed by atoms with van der Waals surface area (Å²) in [5.74, 6) is -0.948. The van der Waals surface area contributed by atoms with E-state index in [4.69, 9.17) is 0 Å². The highest BCUT2D eigenvalue weighted by atomic mass is 32.1. The molecule has 0 saturated carbocycles. The van der Waals surface area contributed by atoms with Gasteiger partial charge in [-0.2, -0.15) is 17.7 Å². The number of hydrogen-bond acceptors (Lipinski definition) is 7. The summed E-state index contributed by atoms with van der Waals surface area (Å²) in [5.41, 5.74) is 5.38. The van der Waals surface area contributed by atoms with Crippen LogP contribution in [0.2, 0.25) is 0 Å². The van der Waals surface area contributed by atoms with Crippen molar-refractivity contribution < 1.29 is 9.90 Å². The molecule has 4 rings (SSSR count). The van der Waals surface area contributed by atoms with E-state index in [-0.39, 0.29) is 5.37 Å². The van der Waals surface area contributed by atoms with Crippen LogP contribution in [0.15, 0.2) is 52.8 Å². The average Bonchev–Trinajstić information content (AvgIpc) is 3.14. The molecule has 1 N–H and O–H groups in total. The van der Waals surface area contributed by atoms with Gasteiger partial charge >= 0.3 is 0 Å². The van der Waals surface area contributed by atoms with Crippen molar-refractivity contribution in [2.45, 2.75) is 38.1 Å². The van der Waals surface area contributed by atoms with Gasteiger partial charge in [-0.25, -0.2) is 5.01 Å². The molecule has 2 heterocycles. The van der Waals surface area contributed by atoms with Crippen molar-refractivity contribution in [2.75, 3.05) is 36.5 Å². The largest absolute Gasteiger partial charge is 0.544 e. The predicted molar refractivity (Wildman–Crippen MR) is 125 cm³/mol. The minimum atomic E-state index is -0.948. The molecule has 2 aromatic rings. The second-order valence-electron chi connectivity index (χ2n) is 8.41. The summed E-state index contributed by atoms with van der Waals surface area (Å²) < 4.78 is 0.484. The van der Waals surface area contributed by atoms with Crippen LogP contribution in [-0.4, -0.2) is 43.6 Å². The number of aryl methyl sites for hydroxylation is 2. The van der Waals surface area contributed by atoms with Crippen LogP contribution < -0.4 is 19.9 Å². The third-order valence-corrected chi connectivity index (χ3v) is 6.80. The maximum Gasteiger partial charge on any atom is 0.139 e. The number of hydrogen-bond donors (Lipinski definition) is 2. The van der Waals surface area contributed by atoms with Crippen molar-refractivity contribution in [2.24, 2.45) is 10.3 Å². The van der Waals surface area contributed by atoms with Crippen LogP contribution in [0.4, 0.5) is 17.1 Å². The van der Waals surface area contributed by atoms with Gasteiger partial charge < -0.3 is 15.2 Å². The minimum absolute atomic E-state index is 0.0371. The number of carboxylic acids is 1. The molecule has 164 valence electrons. The van der Waals surface area contributed by atoms with Crippen LogP contribution in [0.5, 0.6) is 0 Å². The lowest BCUT2D eigenvalue weighted by atomic mass is 9.91. The quantitative estimate of drug-likeness (QED) is 0.376. The van der Waals surface area contributed by atoms with E-state index < -0.39 is 12.0 Å². The van der Waals surface area contributed by atoms with Gasteiger partial charge in [-0.1, -0.05) is 29.5 Å². The van der Waals surface area contributed by atoms with E-state index in [0.717, 1.165) is 54.2 Å². The van der Waals surface area contributed by atoms with E-state index in [1.54, 1.807) is 5.01 Å². The highest BCUT2D eigenvalue weighted by Crippen LogP contribution is 2.40. The first-order chi connectivity index (χ1) is 14.9. The van der Waals surface area contributed by atoms with Gasteiger partial charge in [-0.15, -0.1) is 0 Å². The lowest BCUT2D eigenvalue weighted by molar-refractivity contribution is -0.314. The summed E-state index contributed by atoms with van der Waals surface area (Å²) in [7, 11) is 0. The normalized spacial score (nSPS) is 24.8. The summed E-state index contributed by atoms with van der Waals surface area (Å²) in [5, 5.41) is 25.3. The molecule has 2 aromatic carbocycles. The van der Waals surface area contributed by atoms with E-state index >= 15 is 0 Å². The molecule has 2 aliphatic heterocycles. The number of benzene rings is 2. The number of thiol groups is 1. The Hall–Kier alpha value is -2.58. The molecule has 1 fully saturated rings. The van der Waals surface area contributed by atoms with Crippen LogP contribution in [-0.2, 0) is 4.79 Å². The fourth-order valence-corrected chi connectivity index (χ4v) is 5.19. The number of para-hydroxylation sites is 1. The standard InChI is InChI=1S/C23H29N5O2S/c1-16-6-3-7-17(2)22(16)28(13-10-20(28)23(29)30)12-5-11-24-18-8-4-9-19(14-18)27-21(31)15-25-26-27/h3-4,6-9,14,20-21,24H,5,10-13,15H2,1-2H3,(H-,29,30,31). The Bertz CT molecular complexity index is 977. The second-order valence-corrected chi connectivity index (χ2v) is 9.01. The molecule has 8 heteroatoms. The molecule has 0 amide bonds. The summed E-state index contributed by atoms with van der Waals surface area (Å²) in [6.07, 6.45) is 1.52. The molecular weight excluding hydrogens is 410 g/mol. The Morgan fingerprint density at radius 2 is 2.00 bits per heavy atom. The van der Waals surface area contributed by atoms with Crippen molar-refractivity contribution in [1.82, 2.24) is 4.48 Å². The van der Waals surface area contributed by atoms with Crippen LogP contribution in [0, 0.1) is 13.8 Å². The molecule has 31 heavy (non-hydrogen) atoms. The Kier molecular flexibility index (Phi) is 6.20. The maximum absolute atomic E-state index is 11.9. The van der Waals surface area contributed by atoms with Gasteiger partial charge in [0.25, 0.3) is 0 Å². The molecule has 0 spiro atoms. The lowest BCUT2D eigenvalue weighted by Gasteiger charge is -2.53. The van der Waals surface area contributed by atoms with Gasteiger partial charge in [-0.05, 0) is 32.0 Å². The van der Waals surface area contributed by atoms with E-state index in [1.807, 2.05) is 30.3 Å². The summed E-state index contributed by atoms with van der Waals surface area (Å²) >= 11 is 4.51. The topological polar surface area (TPSA) is 80.1 Å². The van der Waals surface area contributed by atoms with Gasteiger partial charge in [0.15, 0.2) is 0 Å². The molecule has 0 bridgehead atoms. The van der Waals surface area contributed by atoms with E-state index in [9.17, 15) is 9.90 Å². The minimum Gasteiger partial charge on any atom is -0.544 e. The summed E-state index contributed by atoms with van der Waals surface area (Å²) in [6, 6.07) is 13.7. The van der Waals surface area contributed by atoms with Crippen molar-refractivity contribution in [1.29, 1.82) is 0 Å². The molecule has 3 unspecified atom stereocenters. The van der Waals surface area contributed by atoms with Gasteiger partial charge in [0.1, 0.15) is 17.1 Å². The van der Waals surface area contributed by atoms with Crippen molar-refractivity contribution >= 4 is 35.7 Å². The fourth-order valence-electron chi connectivity index (χ4n) is 4.94. The molecule has 0 aromatic heterocycles. The van der Waals surface area contributed by atoms with Gasteiger partial charge in [-0.3, -0.25) is 4.48 Å². The number of carbonyl (C=O) groups is 1. The molecular formula is C23H29N5O2S. The van der Waals surface area contributed by atoms with Gasteiger partial charge in [0.05, 0.1) is 37.7 Å². The number of likely N-dealkylation sites (tertiary alicyclic amines) is 1. The molecule has 3 atom stereocenters. The molecule has 0 aliphatic carbocycles. The third kappa shape index (κ3) is 4.14. The number of aliphatic carboxylic acids is 1. The first kappa shape index (κ1) is 21.6. The van der Waals surface area contributed by atoms with Gasteiger partial charge in [0, 0.05) is 29.8 Å². The monoisotopic (exact) mass is 439 g/mol. The number of carboxylic acid groups (broad SMARTS) is 1. The van der Waals surface area contributed by atoms with E-state index in [1.165, 1.54) is 0 Å². The molecule has 2 aliphatic rings.